The number of fused-ring (bicyclic) bond motifs is 2. The summed E-state index contributed by atoms with van der Waals surface area (Å²) in [7, 11) is 1.63. The van der Waals surface area contributed by atoms with E-state index >= 15 is 0 Å². The van der Waals surface area contributed by atoms with Gasteiger partial charge in [0.05, 0.1) is 19.3 Å². The summed E-state index contributed by atoms with van der Waals surface area (Å²) >= 11 is 1.53. The van der Waals surface area contributed by atoms with Gasteiger partial charge < -0.3 is 15.0 Å². The van der Waals surface area contributed by atoms with Gasteiger partial charge >= 0.3 is 6.03 Å². The molecule has 5 rings (SSSR count). The van der Waals surface area contributed by atoms with E-state index in [0.717, 1.165) is 28.1 Å². The summed E-state index contributed by atoms with van der Waals surface area (Å²) in [6.07, 6.45) is 0. The number of urea groups is 1. The number of thioether (sulfide) groups is 1. The minimum atomic E-state index is -1.07. The largest absolute Gasteiger partial charge is 0.497 e. The third kappa shape index (κ3) is 3.62. The molecule has 2 aliphatic rings. The molecule has 1 spiro atoms. The summed E-state index contributed by atoms with van der Waals surface area (Å²) in [5.74, 6) is 1.35. The smallest absolute Gasteiger partial charge is 0.323 e. The highest BCUT2D eigenvalue weighted by atomic mass is 32.2. The maximum atomic E-state index is 14.1. The molecular weight excluding hydrogens is 434 g/mol. The Bertz CT molecular complexity index is 1220. The summed E-state index contributed by atoms with van der Waals surface area (Å²) in [6.45, 7) is 2.91. The van der Waals surface area contributed by atoms with Crippen molar-refractivity contribution in [3.63, 3.8) is 0 Å². The number of aryl methyl sites for hydroxylation is 1. The summed E-state index contributed by atoms with van der Waals surface area (Å²) < 4.78 is 5.36. The van der Waals surface area contributed by atoms with Gasteiger partial charge in [-0.05, 0) is 42.8 Å². The van der Waals surface area contributed by atoms with Crippen LogP contribution in [0.2, 0.25) is 0 Å². The normalized spacial score (nSPS) is 19.2. The molecule has 1 saturated heterocycles. The fraction of sp³-hybridized carbons (Fsp3) is 0.231. The van der Waals surface area contributed by atoms with Crippen LogP contribution >= 0.6 is 11.8 Å². The lowest BCUT2D eigenvalue weighted by Crippen LogP contribution is -2.51. The fourth-order valence-corrected chi connectivity index (χ4v) is 6.00. The lowest BCUT2D eigenvalue weighted by Gasteiger charge is -2.33. The monoisotopic (exact) mass is 459 g/mol. The van der Waals surface area contributed by atoms with Gasteiger partial charge in [-0.1, -0.05) is 48.0 Å². The first-order valence-electron chi connectivity index (χ1n) is 10.9. The molecule has 0 aliphatic carbocycles. The van der Waals surface area contributed by atoms with Crippen molar-refractivity contribution in [3.05, 3.63) is 89.5 Å². The first-order chi connectivity index (χ1) is 16.0. The second-order valence-electron chi connectivity index (χ2n) is 8.20. The van der Waals surface area contributed by atoms with Crippen LogP contribution in [-0.2, 0) is 16.2 Å². The topological polar surface area (TPSA) is 61.9 Å². The van der Waals surface area contributed by atoms with Gasteiger partial charge in [-0.2, -0.15) is 0 Å². The van der Waals surface area contributed by atoms with E-state index in [4.69, 9.17) is 4.74 Å². The third-order valence-corrected chi connectivity index (χ3v) is 7.51. The van der Waals surface area contributed by atoms with Crippen molar-refractivity contribution >= 4 is 35.1 Å². The number of ether oxygens (including phenoxy) is 1. The Kier molecular flexibility index (Phi) is 5.50. The second-order valence-corrected chi connectivity index (χ2v) is 9.49. The number of para-hydroxylation sites is 1. The second kappa shape index (κ2) is 8.48. The van der Waals surface area contributed by atoms with Gasteiger partial charge in [0.25, 0.3) is 5.91 Å². The molecule has 1 atom stereocenters. The van der Waals surface area contributed by atoms with Gasteiger partial charge in [0.2, 0.25) is 0 Å². The lowest BCUT2D eigenvalue weighted by molar-refractivity contribution is -0.123. The van der Waals surface area contributed by atoms with Gasteiger partial charge in [-0.25, -0.2) is 4.79 Å². The van der Waals surface area contributed by atoms with E-state index in [1.54, 1.807) is 16.9 Å². The number of carbonyl (C=O) groups excluding carboxylic acids is 2. The molecule has 168 valence electrons. The van der Waals surface area contributed by atoms with Crippen LogP contribution in [-0.4, -0.2) is 36.2 Å². The molecule has 1 fully saturated rings. The van der Waals surface area contributed by atoms with Crippen molar-refractivity contribution < 1.29 is 14.3 Å². The van der Waals surface area contributed by atoms with Crippen molar-refractivity contribution in [2.75, 3.05) is 29.6 Å². The standard InChI is InChI=1S/C26H25N3O3S/c1-18-11-12-23-22(15-18)26(24(30)28(23)17-19-7-6-10-21(16-19)32-2)29(13-14-33-26)25(31)27-20-8-4-3-5-9-20/h3-12,15-16H,13-14,17H2,1-2H3,(H,27,31). The molecule has 1 N–H and O–H groups in total. The van der Waals surface area contributed by atoms with Crippen molar-refractivity contribution in [2.24, 2.45) is 0 Å². The zero-order valence-electron chi connectivity index (χ0n) is 18.6. The predicted molar refractivity (Wildman–Crippen MR) is 132 cm³/mol. The number of hydrogen-bond acceptors (Lipinski definition) is 4. The fourth-order valence-electron chi connectivity index (χ4n) is 4.55. The number of anilines is 2. The molecule has 3 aromatic rings. The Morgan fingerprint density at radius 3 is 2.70 bits per heavy atom. The van der Waals surface area contributed by atoms with E-state index < -0.39 is 4.87 Å². The van der Waals surface area contributed by atoms with Crippen LogP contribution in [0.1, 0.15) is 16.7 Å². The maximum absolute atomic E-state index is 14.1. The molecule has 0 aromatic heterocycles. The van der Waals surface area contributed by atoms with Crippen LogP contribution in [0.15, 0.2) is 72.8 Å². The Labute approximate surface area is 197 Å². The van der Waals surface area contributed by atoms with Crippen LogP contribution in [0, 0.1) is 6.92 Å². The number of methoxy groups -OCH3 is 1. The molecule has 0 radical (unpaired) electrons. The summed E-state index contributed by atoms with van der Waals surface area (Å²) in [6, 6.07) is 22.8. The number of rotatable bonds is 4. The summed E-state index contributed by atoms with van der Waals surface area (Å²) in [5.41, 5.74) is 4.45. The maximum Gasteiger partial charge on any atom is 0.323 e. The zero-order valence-corrected chi connectivity index (χ0v) is 19.4. The van der Waals surface area contributed by atoms with Gasteiger partial charge in [-0.3, -0.25) is 9.69 Å². The molecule has 0 bridgehead atoms. The Morgan fingerprint density at radius 2 is 1.91 bits per heavy atom. The van der Waals surface area contributed by atoms with Crippen molar-refractivity contribution in [3.8, 4) is 5.75 Å². The highest BCUT2D eigenvalue weighted by Gasteiger charge is 2.59. The quantitative estimate of drug-likeness (QED) is 0.598. The van der Waals surface area contributed by atoms with Gasteiger partial charge in [0, 0.05) is 23.5 Å². The van der Waals surface area contributed by atoms with E-state index in [9.17, 15) is 9.59 Å². The van der Waals surface area contributed by atoms with Gasteiger partial charge in [0.1, 0.15) is 5.75 Å². The minimum Gasteiger partial charge on any atom is -0.497 e. The number of amides is 3. The molecule has 1 unspecified atom stereocenters. The predicted octanol–water partition coefficient (Wildman–Crippen LogP) is 4.98. The van der Waals surface area contributed by atoms with Crippen LogP contribution < -0.4 is 15.0 Å². The molecule has 2 aliphatic heterocycles. The van der Waals surface area contributed by atoms with Crippen LogP contribution in [0.25, 0.3) is 0 Å². The molecule has 7 heteroatoms. The van der Waals surface area contributed by atoms with E-state index in [0.29, 0.717) is 24.5 Å². The van der Waals surface area contributed by atoms with E-state index in [1.165, 1.54) is 11.8 Å². The molecule has 33 heavy (non-hydrogen) atoms. The molecular formula is C26H25N3O3S. The van der Waals surface area contributed by atoms with Crippen molar-refractivity contribution in [1.82, 2.24) is 4.90 Å². The van der Waals surface area contributed by atoms with Crippen LogP contribution in [0.5, 0.6) is 5.75 Å². The lowest BCUT2D eigenvalue weighted by atomic mass is 10.0. The summed E-state index contributed by atoms with van der Waals surface area (Å²) in [4.78, 5) is 29.9. The van der Waals surface area contributed by atoms with E-state index in [-0.39, 0.29) is 11.9 Å². The van der Waals surface area contributed by atoms with Gasteiger partial charge in [0.15, 0.2) is 4.87 Å². The Balaban J connectivity index is 1.53. The molecule has 2 heterocycles. The van der Waals surface area contributed by atoms with E-state index in [1.807, 2.05) is 79.7 Å². The number of hydrogen-bond donors (Lipinski definition) is 1. The number of nitrogens with one attached hydrogen (secondary N) is 1. The van der Waals surface area contributed by atoms with E-state index in [2.05, 4.69) is 5.32 Å². The average Bonchev–Trinajstić information content (AvgIpc) is 3.37. The Morgan fingerprint density at radius 1 is 1.09 bits per heavy atom. The molecule has 6 nitrogen and oxygen atoms in total. The van der Waals surface area contributed by atoms with Crippen molar-refractivity contribution in [1.29, 1.82) is 0 Å². The molecule has 3 aromatic carbocycles. The molecule has 3 amide bonds. The minimum absolute atomic E-state index is 0.0865. The number of benzene rings is 3. The highest BCUT2D eigenvalue weighted by Crippen LogP contribution is 2.54. The van der Waals surface area contributed by atoms with Crippen LogP contribution in [0.4, 0.5) is 16.2 Å². The average molecular weight is 460 g/mol. The molecule has 0 saturated carbocycles. The van der Waals surface area contributed by atoms with Crippen LogP contribution in [0.3, 0.4) is 0 Å². The third-order valence-electron chi connectivity index (χ3n) is 6.09. The summed E-state index contributed by atoms with van der Waals surface area (Å²) in [5, 5.41) is 2.97. The SMILES string of the molecule is COc1cccc(CN2C(=O)C3(SCCN3C(=O)Nc3ccccc3)c3cc(C)ccc32)c1. The number of nitrogens with zero attached hydrogens (tertiary/aromatic N) is 2. The zero-order chi connectivity index (χ0) is 23.0. The van der Waals surface area contributed by atoms with Crippen molar-refractivity contribution in [2.45, 2.75) is 18.3 Å². The Hall–Kier alpha value is -3.45. The highest BCUT2D eigenvalue weighted by molar-refractivity contribution is 8.01. The first kappa shape index (κ1) is 21.4. The van der Waals surface area contributed by atoms with Gasteiger partial charge in [-0.15, -0.1) is 11.8 Å². The number of carbonyl (C=O) groups is 2. The first-order valence-corrected chi connectivity index (χ1v) is 11.8.